The van der Waals surface area contributed by atoms with Crippen LogP contribution in [0.2, 0.25) is 0 Å². The van der Waals surface area contributed by atoms with Gasteiger partial charge in [-0.3, -0.25) is 9.69 Å². The first-order valence-corrected chi connectivity index (χ1v) is 9.60. The number of carbonyl (C=O) groups excluding carboxylic acids is 1. The summed E-state index contributed by atoms with van der Waals surface area (Å²) in [5.41, 5.74) is 6.20. The molecule has 2 fully saturated rings. The first-order valence-electron chi connectivity index (χ1n) is 9.60. The van der Waals surface area contributed by atoms with Gasteiger partial charge in [0, 0.05) is 38.9 Å². The lowest BCUT2D eigenvalue weighted by Gasteiger charge is -2.39. The van der Waals surface area contributed by atoms with Crippen LogP contribution in [-0.4, -0.2) is 69.0 Å². The summed E-state index contributed by atoms with van der Waals surface area (Å²) in [4.78, 5) is 15.0. The second-order valence-electron chi connectivity index (χ2n) is 7.01. The third kappa shape index (κ3) is 5.41. The fraction of sp³-hybridized carbons (Fsp3) is 0.944. The molecule has 2 saturated heterocycles. The number of ether oxygens (including phenoxy) is 2. The van der Waals surface area contributed by atoms with Gasteiger partial charge in [-0.25, -0.2) is 0 Å². The highest BCUT2D eigenvalue weighted by molar-refractivity contribution is 5.81. The van der Waals surface area contributed by atoms with Gasteiger partial charge < -0.3 is 20.5 Å². The number of amides is 1. The quantitative estimate of drug-likeness (QED) is 0.689. The summed E-state index contributed by atoms with van der Waals surface area (Å²) in [5, 5.41) is 3.14. The third-order valence-electron chi connectivity index (χ3n) is 5.67. The van der Waals surface area contributed by atoms with Gasteiger partial charge in [0.15, 0.2) is 0 Å². The lowest BCUT2D eigenvalue weighted by Crippen LogP contribution is -2.54. The predicted molar refractivity (Wildman–Crippen MR) is 94.8 cm³/mol. The Labute approximate surface area is 146 Å². The van der Waals surface area contributed by atoms with Crippen LogP contribution >= 0.6 is 0 Å². The zero-order valence-corrected chi connectivity index (χ0v) is 15.3. The van der Waals surface area contributed by atoms with Crippen LogP contribution in [-0.2, 0) is 14.3 Å². The van der Waals surface area contributed by atoms with E-state index in [1.54, 1.807) is 0 Å². The fourth-order valence-electron chi connectivity index (χ4n) is 3.95. The maximum Gasteiger partial charge on any atom is 0.237 e. The molecular weight excluding hydrogens is 306 g/mol. The highest BCUT2D eigenvalue weighted by Crippen LogP contribution is 2.20. The molecule has 0 aliphatic carbocycles. The second-order valence-corrected chi connectivity index (χ2v) is 7.01. The molecule has 2 unspecified atom stereocenters. The number of nitrogens with two attached hydrogens (primary N) is 1. The molecule has 2 rings (SSSR count). The van der Waals surface area contributed by atoms with E-state index < -0.39 is 6.04 Å². The van der Waals surface area contributed by atoms with Crippen LogP contribution in [0.25, 0.3) is 0 Å². The molecule has 0 saturated carbocycles. The van der Waals surface area contributed by atoms with Crippen molar-refractivity contribution in [3.05, 3.63) is 0 Å². The van der Waals surface area contributed by atoms with Gasteiger partial charge in [-0.1, -0.05) is 26.7 Å². The molecule has 140 valence electrons. The van der Waals surface area contributed by atoms with Crippen LogP contribution in [0.15, 0.2) is 0 Å². The Balaban J connectivity index is 1.89. The average Bonchev–Trinajstić information content (AvgIpc) is 2.65. The summed E-state index contributed by atoms with van der Waals surface area (Å²) in [5.74, 6) is 0.822. The monoisotopic (exact) mass is 341 g/mol. The maximum atomic E-state index is 12.5. The van der Waals surface area contributed by atoms with Crippen molar-refractivity contribution in [1.82, 2.24) is 10.2 Å². The third-order valence-corrected chi connectivity index (χ3v) is 5.67. The van der Waals surface area contributed by atoms with Crippen molar-refractivity contribution in [1.29, 1.82) is 0 Å². The normalized spacial score (nSPS) is 23.2. The van der Waals surface area contributed by atoms with Crippen molar-refractivity contribution >= 4 is 5.91 Å². The van der Waals surface area contributed by atoms with Gasteiger partial charge >= 0.3 is 0 Å². The van der Waals surface area contributed by atoms with Gasteiger partial charge in [-0.15, -0.1) is 0 Å². The molecule has 0 radical (unpaired) electrons. The van der Waals surface area contributed by atoms with E-state index in [1.165, 1.54) is 0 Å². The van der Waals surface area contributed by atoms with Crippen molar-refractivity contribution < 1.29 is 14.3 Å². The van der Waals surface area contributed by atoms with E-state index in [2.05, 4.69) is 24.1 Å². The summed E-state index contributed by atoms with van der Waals surface area (Å²) in [6, 6.07) is -0.0457. The van der Waals surface area contributed by atoms with Crippen molar-refractivity contribution in [3.63, 3.8) is 0 Å². The number of morpholine rings is 1. The Morgan fingerprint density at radius 3 is 2.29 bits per heavy atom. The molecule has 24 heavy (non-hydrogen) atoms. The minimum atomic E-state index is -0.416. The van der Waals surface area contributed by atoms with Crippen LogP contribution in [0.1, 0.15) is 39.5 Å². The van der Waals surface area contributed by atoms with E-state index in [0.29, 0.717) is 18.5 Å². The number of hydrogen-bond acceptors (Lipinski definition) is 5. The zero-order valence-electron chi connectivity index (χ0n) is 15.3. The summed E-state index contributed by atoms with van der Waals surface area (Å²) >= 11 is 0. The highest BCUT2D eigenvalue weighted by atomic mass is 16.5. The largest absolute Gasteiger partial charge is 0.381 e. The van der Waals surface area contributed by atoms with Crippen molar-refractivity contribution in [2.45, 2.75) is 51.6 Å². The number of rotatable bonds is 8. The molecule has 0 aromatic heterocycles. The Bertz CT molecular complexity index is 365. The number of nitrogens with one attached hydrogen (secondary N) is 1. The number of carbonyl (C=O) groups is 1. The standard InChI is InChI=1S/C18H35N3O3/c1-3-14(4-2)16(21-7-11-24-12-8-21)13-20-18(22)17(19)15-5-9-23-10-6-15/h14-17H,3-13,19H2,1-2H3,(H,20,22). The lowest BCUT2D eigenvalue weighted by molar-refractivity contribution is -0.124. The Hall–Kier alpha value is -0.690. The molecule has 0 aromatic carbocycles. The van der Waals surface area contributed by atoms with Crippen molar-refractivity contribution in [2.75, 3.05) is 46.1 Å². The fourth-order valence-corrected chi connectivity index (χ4v) is 3.95. The topological polar surface area (TPSA) is 76.8 Å². The van der Waals surface area contributed by atoms with Crippen LogP contribution in [0.4, 0.5) is 0 Å². The highest BCUT2D eigenvalue weighted by Gasteiger charge is 2.30. The minimum absolute atomic E-state index is 0.00823. The smallest absolute Gasteiger partial charge is 0.237 e. The summed E-state index contributed by atoms with van der Waals surface area (Å²) in [7, 11) is 0. The molecule has 0 aromatic rings. The number of nitrogens with zero attached hydrogens (tertiary/aromatic N) is 1. The van der Waals surface area contributed by atoms with Crippen LogP contribution in [0.5, 0.6) is 0 Å². The molecule has 2 aliphatic rings. The van der Waals surface area contributed by atoms with Crippen LogP contribution in [0.3, 0.4) is 0 Å². The SMILES string of the molecule is CCC(CC)C(CNC(=O)C(N)C1CCOCC1)N1CCOCC1. The summed E-state index contributed by atoms with van der Waals surface area (Å²) in [6.07, 6.45) is 4.02. The van der Waals surface area contributed by atoms with Crippen molar-refractivity contribution in [3.8, 4) is 0 Å². The van der Waals surface area contributed by atoms with Gasteiger partial charge in [0.05, 0.1) is 19.3 Å². The van der Waals surface area contributed by atoms with E-state index in [4.69, 9.17) is 15.2 Å². The predicted octanol–water partition coefficient (Wildman–Crippen LogP) is 0.994. The molecule has 6 nitrogen and oxygen atoms in total. The van der Waals surface area contributed by atoms with Gasteiger partial charge in [0.2, 0.25) is 5.91 Å². The molecule has 0 bridgehead atoms. The molecule has 3 N–H and O–H groups in total. The molecule has 6 heteroatoms. The summed E-state index contributed by atoms with van der Waals surface area (Å²) < 4.78 is 10.8. The van der Waals surface area contributed by atoms with Gasteiger partial charge in [0.25, 0.3) is 0 Å². The molecular formula is C18H35N3O3. The lowest BCUT2D eigenvalue weighted by atomic mass is 9.90. The minimum Gasteiger partial charge on any atom is -0.381 e. The second kappa shape index (κ2) is 10.3. The Morgan fingerprint density at radius 1 is 1.12 bits per heavy atom. The average molecular weight is 341 g/mol. The van der Waals surface area contributed by atoms with Crippen molar-refractivity contribution in [2.24, 2.45) is 17.6 Å². The van der Waals surface area contributed by atoms with E-state index in [1.807, 2.05) is 0 Å². The van der Waals surface area contributed by atoms with E-state index in [9.17, 15) is 4.79 Å². The molecule has 2 atom stereocenters. The maximum absolute atomic E-state index is 12.5. The Kier molecular flexibility index (Phi) is 8.45. The van der Waals surface area contributed by atoms with E-state index in [0.717, 1.165) is 65.2 Å². The zero-order chi connectivity index (χ0) is 17.4. The van der Waals surface area contributed by atoms with E-state index >= 15 is 0 Å². The molecule has 2 heterocycles. The first-order chi connectivity index (χ1) is 11.7. The van der Waals surface area contributed by atoms with Crippen LogP contribution < -0.4 is 11.1 Å². The Morgan fingerprint density at radius 2 is 1.71 bits per heavy atom. The van der Waals surface area contributed by atoms with E-state index in [-0.39, 0.29) is 11.8 Å². The summed E-state index contributed by atoms with van der Waals surface area (Å²) in [6.45, 7) is 10.0. The molecule has 1 amide bonds. The molecule has 2 aliphatic heterocycles. The van der Waals surface area contributed by atoms with Gasteiger partial charge in [0.1, 0.15) is 0 Å². The van der Waals surface area contributed by atoms with Gasteiger partial charge in [-0.05, 0) is 24.7 Å². The molecule has 0 spiro atoms. The number of hydrogen-bond donors (Lipinski definition) is 2. The first kappa shape index (κ1) is 19.6. The van der Waals surface area contributed by atoms with Gasteiger partial charge in [-0.2, -0.15) is 0 Å². The van der Waals surface area contributed by atoms with Crippen LogP contribution in [0, 0.1) is 11.8 Å².